The van der Waals surface area contributed by atoms with Crippen LogP contribution in [0.1, 0.15) is 44.2 Å². The number of hydrogen-bond donors (Lipinski definition) is 0. The Hall–Kier alpha value is -2.35. The Morgan fingerprint density at radius 1 is 1.00 bits per heavy atom. The van der Waals surface area contributed by atoms with Crippen molar-refractivity contribution in [2.24, 2.45) is 16.7 Å². The number of rotatable bonds is 5. The first kappa shape index (κ1) is 18.0. The van der Waals surface area contributed by atoms with Crippen LogP contribution in [0.15, 0.2) is 72.8 Å². The summed E-state index contributed by atoms with van der Waals surface area (Å²) in [5.74, 6) is 0.859. The van der Waals surface area contributed by atoms with Crippen molar-refractivity contribution in [1.29, 1.82) is 0 Å². The van der Waals surface area contributed by atoms with E-state index in [0.717, 1.165) is 24.8 Å². The minimum absolute atomic E-state index is 0.0685. The van der Waals surface area contributed by atoms with Crippen LogP contribution in [0, 0.1) is 16.7 Å². The summed E-state index contributed by atoms with van der Waals surface area (Å²) in [7, 11) is 0. The molecule has 27 heavy (non-hydrogen) atoms. The fourth-order valence-corrected chi connectivity index (χ4v) is 5.23. The quantitative estimate of drug-likeness (QED) is 0.637. The average Bonchev–Trinajstić information content (AvgIpc) is 3.21. The number of benzene rings is 2. The molecule has 4 rings (SSSR count). The van der Waals surface area contributed by atoms with Crippen molar-refractivity contribution < 1.29 is 4.79 Å². The predicted octanol–water partition coefficient (Wildman–Crippen LogP) is 5.60. The first-order valence-electron chi connectivity index (χ1n) is 10.0. The molecular weight excluding hydrogens is 330 g/mol. The zero-order chi connectivity index (χ0) is 19.1. The Balaban J connectivity index is 1.65. The number of fused-ring (bicyclic) bond motifs is 2. The highest BCUT2D eigenvalue weighted by molar-refractivity contribution is 5.87. The molecule has 1 amide bonds. The zero-order valence-electron chi connectivity index (χ0n) is 16.4. The van der Waals surface area contributed by atoms with Crippen LogP contribution in [0.3, 0.4) is 0 Å². The molecule has 0 unspecified atom stereocenters. The topological polar surface area (TPSA) is 20.3 Å². The van der Waals surface area contributed by atoms with E-state index in [1.807, 2.05) is 36.4 Å². The lowest BCUT2D eigenvalue weighted by Crippen LogP contribution is -2.43. The van der Waals surface area contributed by atoms with E-state index in [1.54, 1.807) is 0 Å². The van der Waals surface area contributed by atoms with Crippen LogP contribution in [-0.4, -0.2) is 10.8 Å². The van der Waals surface area contributed by atoms with E-state index < -0.39 is 0 Å². The molecule has 2 aliphatic rings. The zero-order valence-corrected chi connectivity index (χ0v) is 16.4. The highest BCUT2D eigenvalue weighted by atomic mass is 16.2. The second kappa shape index (κ2) is 6.67. The number of amides is 1. The Kier molecular flexibility index (Phi) is 4.46. The standard InChI is InChI=1S/C25H29NO/c1-19-24(2,3)22-14-15-25(19,16-22)23(27)26(17-20-10-6-4-7-11-20)18-21-12-8-5-9-13-21/h4-13,22H,1,14-18H2,2-3H3/t22-,25-/m0/s1. The maximum Gasteiger partial charge on any atom is 0.233 e. The molecule has 2 aromatic carbocycles. The normalized spacial score (nSPS) is 25.6. The molecule has 0 aliphatic heterocycles. The molecule has 2 fully saturated rings. The van der Waals surface area contributed by atoms with Gasteiger partial charge in [-0.3, -0.25) is 4.79 Å². The highest BCUT2D eigenvalue weighted by Crippen LogP contribution is 2.66. The van der Waals surface area contributed by atoms with Crippen LogP contribution in [0.25, 0.3) is 0 Å². The van der Waals surface area contributed by atoms with Gasteiger partial charge in [0.05, 0.1) is 5.41 Å². The van der Waals surface area contributed by atoms with Crippen LogP contribution < -0.4 is 0 Å². The summed E-state index contributed by atoms with van der Waals surface area (Å²) in [6.45, 7) is 10.3. The monoisotopic (exact) mass is 359 g/mol. The molecule has 0 aromatic heterocycles. The molecule has 0 spiro atoms. The summed E-state index contributed by atoms with van der Waals surface area (Å²) in [5, 5.41) is 0. The van der Waals surface area contributed by atoms with Gasteiger partial charge in [0.15, 0.2) is 0 Å². The molecule has 2 heteroatoms. The van der Waals surface area contributed by atoms with E-state index in [1.165, 1.54) is 11.1 Å². The number of carbonyl (C=O) groups excluding carboxylic acids is 1. The first-order chi connectivity index (χ1) is 12.9. The summed E-state index contributed by atoms with van der Waals surface area (Å²) in [4.78, 5) is 16.0. The van der Waals surface area contributed by atoms with Gasteiger partial charge in [0.25, 0.3) is 0 Å². The van der Waals surface area contributed by atoms with Gasteiger partial charge in [-0.25, -0.2) is 0 Å². The third-order valence-electron chi connectivity index (χ3n) is 7.02. The van der Waals surface area contributed by atoms with E-state index in [9.17, 15) is 4.79 Å². The van der Waals surface area contributed by atoms with Crippen LogP contribution in [0.5, 0.6) is 0 Å². The van der Waals surface area contributed by atoms with Gasteiger partial charge < -0.3 is 4.90 Å². The van der Waals surface area contributed by atoms with Gasteiger partial charge in [-0.2, -0.15) is 0 Å². The number of hydrogen-bond acceptors (Lipinski definition) is 1. The summed E-state index contributed by atoms with van der Waals surface area (Å²) in [5.41, 5.74) is 3.21. The van der Waals surface area contributed by atoms with Crippen LogP contribution in [0.2, 0.25) is 0 Å². The molecular formula is C25H29NO. The van der Waals surface area contributed by atoms with Gasteiger partial charge >= 0.3 is 0 Å². The minimum Gasteiger partial charge on any atom is -0.333 e. The third kappa shape index (κ3) is 3.01. The first-order valence-corrected chi connectivity index (χ1v) is 10.0. The van der Waals surface area contributed by atoms with Gasteiger partial charge in [0.1, 0.15) is 0 Å². The van der Waals surface area contributed by atoms with Crippen LogP contribution in [-0.2, 0) is 17.9 Å². The van der Waals surface area contributed by atoms with Crippen molar-refractivity contribution in [3.8, 4) is 0 Å². The van der Waals surface area contributed by atoms with E-state index in [2.05, 4.69) is 49.6 Å². The second-order valence-corrected chi connectivity index (χ2v) is 8.85. The predicted molar refractivity (Wildman–Crippen MR) is 110 cm³/mol. The van der Waals surface area contributed by atoms with Crippen molar-refractivity contribution in [3.05, 3.63) is 83.9 Å². The van der Waals surface area contributed by atoms with Crippen molar-refractivity contribution in [1.82, 2.24) is 4.90 Å². The van der Waals surface area contributed by atoms with Gasteiger partial charge in [-0.1, -0.05) is 86.7 Å². The lowest BCUT2D eigenvalue weighted by molar-refractivity contribution is -0.141. The average molecular weight is 360 g/mol. The molecule has 2 atom stereocenters. The largest absolute Gasteiger partial charge is 0.333 e. The Morgan fingerprint density at radius 2 is 1.52 bits per heavy atom. The molecule has 0 radical (unpaired) electrons. The summed E-state index contributed by atoms with van der Waals surface area (Å²) in [6.07, 6.45) is 3.07. The molecule has 2 bridgehead atoms. The maximum absolute atomic E-state index is 13.9. The Labute approximate surface area is 162 Å². The summed E-state index contributed by atoms with van der Waals surface area (Å²) < 4.78 is 0. The smallest absolute Gasteiger partial charge is 0.233 e. The van der Waals surface area contributed by atoms with E-state index in [-0.39, 0.29) is 16.7 Å². The number of nitrogens with zero attached hydrogens (tertiary/aromatic N) is 1. The maximum atomic E-state index is 13.9. The molecule has 2 saturated carbocycles. The van der Waals surface area contributed by atoms with E-state index in [4.69, 9.17) is 0 Å². The van der Waals surface area contributed by atoms with Crippen LogP contribution in [0.4, 0.5) is 0 Å². The molecule has 0 heterocycles. The van der Waals surface area contributed by atoms with E-state index >= 15 is 0 Å². The third-order valence-corrected chi connectivity index (χ3v) is 7.02. The lowest BCUT2D eigenvalue weighted by Gasteiger charge is -2.40. The molecule has 2 nitrogen and oxygen atoms in total. The molecule has 140 valence electrons. The second-order valence-electron chi connectivity index (χ2n) is 8.85. The van der Waals surface area contributed by atoms with Gasteiger partial charge in [-0.05, 0) is 41.7 Å². The van der Waals surface area contributed by atoms with Gasteiger partial charge in [0.2, 0.25) is 5.91 Å². The molecule has 2 aromatic rings. The minimum atomic E-state index is -0.363. The van der Waals surface area contributed by atoms with Gasteiger partial charge in [-0.15, -0.1) is 0 Å². The van der Waals surface area contributed by atoms with Crippen molar-refractivity contribution >= 4 is 5.91 Å². The summed E-state index contributed by atoms with van der Waals surface area (Å²) in [6, 6.07) is 20.6. The van der Waals surface area contributed by atoms with Crippen molar-refractivity contribution in [2.75, 3.05) is 0 Å². The Bertz CT molecular complexity index is 798. The van der Waals surface area contributed by atoms with Crippen LogP contribution >= 0.6 is 0 Å². The highest BCUT2D eigenvalue weighted by Gasteiger charge is 2.61. The fraction of sp³-hybridized carbons (Fsp3) is 0.400. The fourth-order valence-electron chi connectivity index (χ4n) is 5.23. The molecule has 0 saturated heterocycles. The van der Waals surface area contributed by atoms with Gasteiger partial charge in [0, 0.05) is 13.1 Å². The molecule has 0 N–H and O–H groups in total. The Morgan fingerprint density at radius 3 is 1.96 bits per heavy atom. The summed E-state index contributed by atoms with van der Waals surface area (Å²) >= 11 is 0. The van der Waals surface area contributed by atoms with E-state index in [0.29, 0.717) is 19.0 Å². The SMILES string of the molecule is C=C1C(C)(C)[C@H]2CC[C@]1(C(=O)N(Cc1ccccc1)Cc1ccccc1)C2. The lowest BCUT2D eigenvalue weighted by atomic mass is 9.68. The number of carbonyl (C=O) groups is 1. The molecule has 2 aliphatic carbocycles. The van der Waals surface area contributed by atoms with Crippen molar-refractivity contribution in [3.63, 3.8) is 0 Å². The van der Waals surface area contributed by atoms with Crippen molar-refractivity contribution in [2.45, 2.75) is 46.2 Å².